The molecular weight excluding hydrogens is 204 g/mol. The van der Waals surface area contributed by atoms with Crippen molar-refractivity contribution in [2.45, 2.75) is 18.6 Å². The van der Waals surface area contributed by atoms with Crippen molar-refractivity contribution in [1.82, 2.24) is 4.90 Å². The molecule has 0 aromatic carbocycles. The Labute approximate surface area is 84.2 Å². The van der Waals surface area contributed by atoms with Crippen LogP contribution in [0, 0.1) is 11.3 Å². The predicted molar refractivity (Wildman–Crippen MR) is 52.2 cm³/mol. The first-order chi connectivity index (χ1) is 6.30. The van der Waals surface area contributed by atoms with Crippen LogP contribution in [0.1, 0.15) is 13.3 Å². The highest BCUT2D eigenvalue weighted by molar-refractivity contribution is 7.92. The molecule has 1 atom stereocenters. The minimum Gasteiger partial charge on any atom is -0.344 e. The molecule has 0 aromatic heterocycles. The molecule has 0 rings (SSSR count). The first kappa shape index (κ1) is 12.9. The monoisotopic (exact) mass is 218 g/mol. The second-order valence-electron chi connectivity index (χ2n) is 3.14. The first-order valence-corrected chi connectivity index (χ1v) is 6.07. The lowest BCUT2D eigenvalue weighted by molar-refractivity contribution is -0.129. The highest BCUT2D eigenvalue weighted by Gasteiger charge is 2.25. The molecule has 14 heavy (non-hydrogen) atoms. The summed E-state index contributed by atoms with van der Waals surface area (Å²) in [7, 11) is -1.86. The number of carbonyl (C=O) groups excluding carboxylic acids is 1. The number of hydrogen-bond acceptors (Lipinski definition) is 4. The Morgan fingerprint density at radius 3 is 2.43 bits per heavy atom. The topological polar surface area (TPSA) is 78.2 Å². The molecule has 0 radical (unpaired) electrons. The van der Waals surface area contributed by atoms with Gasteiger partial charge in [-0.05, 0) is 6.92 Å². The van der Waals surface area contributed by atoms with Gasteiger partial charge in [-0.2, -0.15) is 5.26 Å². The molecule has 0 aromatic rings. The molecule has 6 heteroatoms. The zero-order valence-electron chi connectivity index (χ0n) is 8.52. The Balaban J connectivity index is 4.42. The zero-order valence-corrected chi connectivity index (χ0v) is 9.34. The summed E-state index contributed by atoms with van der Waals surface area (Å²) in [6.45, 7) is 1.61. The van der Waals surface area contributed by atoms with Crippen LogP contribution < -0.4 is 0 Å². The van der Waals surface area contributed by atoms with Gasteiger partial charge in [0.25, 0.3) is 0 Å². The molecule has 0 saturated carbocycles. The van der Waals surface area contributed by atoms with Crippen molar-refractivity contribution in [1.29, 1.82) is 5.26 Å². The summed E-state index contributed by atoms with van der Waals surface area (Å²) in [6, 6.07) is 1.89. The number of sulfone groups is 1. The highest BCUT2D eigenvalue weighted by atomic mass is 32.2. The molecule has 0 aliphatic rings. The van der Waals surface area contributed by atoms with Crippen molar-refractivity contribution >= 4 is 15.7 Å². The maximum absolute atomic E-state index is 11.4. The van der Waals surface area contributed by atoms with Crippen molar-refractivity contribution in [2.75, 3.05) is 19.8 Å². The molecule has 5 nitrogen and oxygen atoms in total. The van der Waals surface area contributed by atoms with E-state index in [0.717, 1.165) is 6.26 Å². The van der Waals surface area contributed by atoms with E-state index < -0.39 is 21.0 Å². The van der Waals surface area contributed by atoms with E-state index in [9.17, 15) is 13.2 Å². The third-order valence-corrected chi connectivity index (χ3v) is 3.41. The highest BCUT2D eigenvalue weighted by Crippen LogP contribution is 2.02. The average Bonchev–Trinajstić information content (AvgIpc) is 2.10. The lowest BCUT2D eigenvalue weighted by Gasteiger charge is -2.18. The molecule has 0 N–H and O–H groups in total. The van der Waals surface area contributed by atoms with Gasteiger partial charge >= 0.3 is 0 Å². The van der Waals surface area contributed by atoms with Gasteiger partial charge in [0.15, 0.2) is 9.84 Å². The Morgan fingerprint density at radius 1 is 1.57 bits per heavy atom. The van der Waals surface area contributed by atoms with Gasteiger partial charge in [0, 0.05) is 19.8 Å². The maximum Gasteiger partial charge on any atom is 0.240 e. The van der Waals surface area contributed by atoms with E-state index in [1.807, 2.05) is 6.07 Å². The SMILES string of the molecule is CC(C(=O)N(C)CCC#N)S(C)(=O)=O. The number of amides is 1. The Bertz CT molecular complexity index is 342. The maximum atomic E-state index is 11.4. The lowest BCUT2D eigenvalue weighted by Crippen LogP contribution is -2.39. The first-order valence-electron chi connectivity index (χ1n) is 4.11. The fourth-order valence-corrected chi connectivity index (χ4v) is 1.37. The van der Waals surface area contributed by atoms with E-state index in [1.165, 1.54) is 18.9 Å². The van der Waals surface area contributed by atoms with Crippen LogP contribution in [0.2, 0.25) is 0 Å². The largest absolute Gasteiger partial charge is 0.344 e. The van der Waals surface area contributed by atoms with Crippen molar-refractivity contribution < 1.29 is 13.2 Å². The van der Waals surface area contributed by atoms with E-state index in [4.69, 9.17) is 5.26 Å². The molecule has 0 aliphatic heterocycles. The van der Waals surface area contributed by atoms with Crippen molar-refractivity contribution in [3.63, 3.8) is 0 Å². The van der Waals surface area contributed by atoms with Gasteiger partial charge in [0.2, 0.25) is 5.91 Å². The standard InChI is InChI=1S/C8H14N2O3S/c1-7(14(3,12)13)8(11)10(2)6-4-5-9/h7H,4,6H2,1-3H3. The van der Waals surface area contributed by atoms with Crippen molar-refractivity contribution in [2.24, 2.45) is 0 Å². The molecule has 80 valence electrons. The van der Waals surface area contributed by atoms with Crippen LogP contribution in [0.3, 0.4) is 0 Å². The normalized spacial score (nSPS) is 13.0. The molecule has 1 amide bonds. The van der Waals surface area contributed by atoms with Gasteiger partial charge < -0.3 is 4.90 Å². The molecule has 0 spiro atoms. The van der Waals surface area contributed by atoms with Crippen LogP contribution in [0.25, 0.3) is 0 Å². The van der Waals surface area contributed by atoms with Crippen LogP contribution in [0.4, 0.5) is 0 Å². The number of nitriles is 1. The second-order valence-corrected chi connectivity index (χ2v) is 5.51. The Kier molecular flexibility index (Phi) is 4.57. The van der Waals surface area contributed by atoms with E-state index in [-0.39, 0.29) is 13.0 Å². The molecule has 0 fully saturated rings. The van der Waals surface area contributed by atoms with Crippen LogP contribution in [-0.2, 0) is 14.6 Å². The van der Waals surface area contributed by atoms with Gasteiger partial charge in [-0.25, -0.2) is 8.42 Å². The lowest BCUT2D eigenvalue weighted by atomic mass is 10.3. The quantitative estimate of drug-likeness (QED) is 0.654. The smallest absolute Gasteiger partial charge is 0.240 e. The number of nitrogens with zero attached hydrogens (tertiary/aromatic N) is 2. The summed E-state index contributed by atoms with van der Waals surface area (Å²) < 4.78 is 22.1. The van der Waals surface area contributed by atoms with E-state index >= 15 is 0 Å². The molecule has 0 saturated heterocycles. The second kappa shape index (κ2) is 4.96. The van der Waals surface area contributed by atoms with Gasteiger partial charge in [0.1, 0.15) is 5.25 Å². The number of rotatable bonds is 4. The number of hydrogen-bond donors (Lipinski definition) is 0. The van der Waals surface area contributed by atoms with Gasteiger partial charge in [-0.1, -0.05) is 0 Å². The van der Waals surface area contributed by atoms with E-state index in [0.29, 0.717) is 0 Å². The minimum atomic E-state index is -3.35. The molecule has 0 heterocycles. The molecule has 0 aliphatic carbocycles. The summed E-state index contributed by atoms with van der Waals surface area (Å²) in [5.41, 5.74) is 0. The third kappa shape index (κ3) is 3.75. The van der Waals surface area contributed by atoms with E-state index in [1.54, 1.807) is 0 Å². The molecule has 1 unspecified atom stereocenters. The summed E-state index contributed by atoms with van der Waals surface area (Å²) in [5.74, 6) is -0.470. The molecular formula is C8H14N2O3S. The fraction of sp³-hybridized carbons (Fsp3) is 0.750. The van der Waals surface area contributed by atoms with Crippen molar-refractivity contribution in [3.8, 4) is 6.07 Å². The van der Waals surface area contributed by atoms with Gasteiger partial charge in [-0.3, -0.25) is 4.79 Å². The summed E-state index contributed by atoms with van der Waals surface area (Å²) >= 11 is 0. The average molecular weight is 218 g/mol. The minimum absolute atomic E-state index is 0.207. The van der Waals surface area contributed by atoms with Crippen LogP contribution in [0.15, 0.2) is 0 Å². The van der Waals surface area contributed by atoms with Crippen molar-refractivity contribution in [3.05, 3.63) is 0 Å². The summed E-state index contributed by atoms with van der Waals surface area (Å²) in [6.07, 6.45) is 1.23. The predicted octanol–water partition coefficient (Wildman–Crippen LogP) is -0.208. The number of carbonyl (C=O) groups is 1. The fourth-order valence-electron chi connectivity index (χ4n) is 0.821. The third-order valence-electron chi connectivity index (χ3n) is 1.93. The Morgan fingerprint density at radius 2 is 2.07 bits per heavy atom. The molecule has 0 bridgehead atoms. The van der Waals surface area contributed by atoms with Gasteiger partial charge in [-0.15, -0.1) is 0 Å². The summed E-state index contributed by atoms with van der Waals surface area (Å²) in [4.78, 5) is 12.7. The summed E-state index contributed by atoms with van der Waals surface area (Å²) in [5, 5.41) is 7.25. The van der Waals surface area contributed by atoms with Crippen LogP contribution in [0.5, 0.6) is 0 Å². The zero-order chi connectivity index (χ0) is 11.4. The van der Waals surface area contributed by atoms with Crippen LogP contribution >= 0.6 is 0 Å². The van der Waals surface area contributed by atoms with E-state index in [2.05, 4.69) is 0 Å². The van der Waals surface area contributed by atoms with Crippen LogP contribution in [-0.4, -0.2) is 44.3 Å². The Hall–Kier alpha value is -1.09. The van der Waals surface area contributed by atoms with Gasteiger partial charge in [0.05, 0.1) is 12.5 Å².